The van der Waals surface area contributed by atoms with E-state index < -0.39 is 12.0 Å². The smallest absolute Gasteiger partial charge is 0.326 e. The van der Waals surface area contributed by atoms with Crippen molar-refractivity contribution in [1.29, 1.82) is 0 Å². The Kier molecular flexibility index (Phi) is 5.34. The molecular formula is C12H13Br2NO3. The number of benzene rings is 1. The van der Waals surface area contributed by atoms with E-state index in [1.807, 2.05) is 0 Å². The van der Waals surface area contributed by atoms with E-state index >= 15 is 0 Å². The maximum atomic E-state index is 12.2. The Morgan fingerprint density at radius 1 is 1.39 bits per heavy atom. The van der Waals surface area contributed by atoms with Gasteiger partial charge in [0.05, 0.1) is 5.56 Å². The third-order valence-electron chi connectivity index (χ3n) is 2.62. The largest absolute Gasteiger partial charge is 0.480 e. The minimum absolute atomic E-state index is 0.322. The molecule has 1 unspecified atom stereocenters. The van der Waals surface area contributed by atoms with Crippen molar-refractivity contribution in [3.63, 3.8) is 0 Å². The number of rotatable bonds is 4. The summed E-state index contributed by atoms with van der Waals surface area (Å²) in [6, 6.07) is 4.39. The van der Waals surface area contributed by atoms with E-state index in [9.17, 15) is 9.59 Å². The third-order valence-corrected chi connectivity index (χ3v) is 3.80. The molecule has 4 nitrogen and oxygen atoms in total. The predicted octanol–water partition coefficient (Wildman–Crippen LogP) is 3.15. The first-order chi connectivity index (χ1) is 8.38. The van der Waals surface area contributed by atoms with Gasteiger partial charge in [0.2, 0.25) is 0 Å². The molecule has 0 spiro atoms. The van der Waals surface area contributed by atoms with E-state index in [4.69, 9.17) is 5.11 Å². The quantitative estimate of drug-likeness (QED) is 0.875. The molecule has 1 rings (SSSR count). The highest BCUT2D eigenvalue weighted by molar-refractivity contribution is 9.11. The molecule has 0 saturated carbocycles. The van der Waals surface area contributed by atoms with Crippen LogP contribution in [0.2, 0.25) is 0 Å². The van der Waals surface area contributed by atoms with E-state index in [0.29, 0.717) is 16.5 Å². The number of carbonyl (C=O) groups is 2. The highest BCUT2D eigenvalue weighted by atomic mass is 79.9. The van der Waals surface area contributed by atoms with E-state index in [1.165, 1.54) is 11.9 Å². The zero-order chi connectivity index (χ0) is 13.9. The van der Waals surface area contributed by atoms with Gasteiger partial charge in [0.25, 0.3) is 5.91 Å². The highest BCUT2D eigenvalue weighted by Gasteiger charge is 2.26. The standard InChI is InChI=1S/C12H13Br2NO3/c1-3-10(12(17)18)15(2)11(16)8-6-7(13)4-5-9(8)14/h4-6,10H,3H2,1-2H3,(H,17,18). The molecule has 1 N–H and O–H groups in total. The second-order valence-corrected chi connectivity index (χ2v) is 5.57. The summed E-state index contributed by atoms with van der Waals surface area (Å²) < 4.78 is 1.41. The van der Waals surface area contributed by atoms with Crippen LogP contribution < -0.4 is 0 Å². The fourth-order valence-corrected chi connectivity index (χ4v) is 2.38. The summed E-state index contributed by atoms with van der Waals surface area (Å²) in [5, 5.41) is 9.05. The summed E-state index contributed by atoms with van der Waals surface area (Å²) in [6.07, 6.45) is 0.364. The minimum atomic E-state index is -1.00. The molecule has 0 bridgehead atoms. The first kappa shape index (κ1) is 15.2. The van der Waals surface area contributed by atoms with Gasteiger partial charge in [0, 0.05) is 16.0 Å². The van der Waals surface area contributed by atoms with Crippen LogP contribution in [-0.2, 0) is 4.79 Å². The number of hydrogen-bond donors (Lipinski definition) is 1. The molecule has 1 atom stereocenters. The van der Waals surface area contributed by atoms with Crippen molar-refractivity contribution in [2.45, 2.75) is 19.4 Å². The molecule has 0 aliphatic carbocycles. The second-order valence-electron chi connectivity index (χ2n) is 3.80. The number of nitrogens with zero attached hydrogens (tertiary/aromatic N) is 1. The Balaban J connectivity index is 3.06. The van der Waals surface area contributed by atoms with Gasteiger partial charge in [-0.25, -0.2) is 4.79 Å². The average Bonchev–Trinajstić information content (AvgIpc) is 2.31. The Morgan fingerprint density at radius 2 is 2.00 bits per heavy atom. The van der Waals surface area contributed by atoms with Crippen LogP contribution in [0, 0.1) is 0 Å². The lowest BCUT2D eigenvalue weighted by atomic mass is 10.1. The fraction of sp³-hybridized carbons (Fsp3) is 0.333. The van der Waals surface area contributed by atoms with Crippen LogP contribution in [-0.4, -0.2) is 35.0 Å². The molecule has 0 radical (unpaired) electrons. The summed E-state index contributed by atoms with van der Waals surface area (Å²) >= 11 is 6.58. The van der Waals surface area contributed by atoms with Crippen LogP contribution in [0.25, 0.3) is 0 Å². The van der Waals surface area contributed by atoms with E-state index in [-0.39, 0.29) is 5.91 Å². The summed E-state index contributed by atoms with van der Waals surface area (Å²) in [5.41, 5.74) is 0.437. The zero-order valence-electron chi connectivity index (χ0n) is 9.98. The zero-order valence-corrected chi connectivity index (χ0v) is 13.2. The number of hydrogen-bond acceptors (Lipinski definition) is 2. The summed E-state index contributed by atoms with van der Waals surface area (Å²) in [5.74, 6) is -1.32. The lowest BCUT2D eigenvalue weighted by molar-refractivity contribution is -0.142. The monoisotopic (exact) mass is 377 g/mol. The third kappa shape index (κ3) is 3.32. The second kappa shape index (κ2) is 6.33. The maximum Gasteiger partial charge on any atom is 0.326 e. The van der Waals surface area contributed by atoms with Crippen molar-refractivity contribution in [2.75, 3.05) is 7.05 Å². The Bertz CT molecular complexity index is 476. The van der Waals surface area contributed by atoms with Crippen LogP contribution in [0.15, 0.2) is 27.1 Å². The number of aliphatic carboxylic acids is 1. The normalized spacial score (nSPS) is 12.0. The first-order valence-corrected chi connectivity index (χ1v) is 6.92. The van der Waals surface area contributed by atoms with Crippen molar-refractivity contribution >= 4 is 43.7 Å². The van der Waals surface area contributed by atoms with Gasteiger partial charge in [-0.2, -0.15) is 0 Å². The van der Waals surface area contributed by atoms with Gasteiger partial charge >= 0.3 is 5.97 Å². The van der Waals surface area contributed by atoms with Crippen molar-refractivity contribution in [3.8, 4) is 0 Å². The molecule has 0 heterocycles. The minimum Gasteiger partial charge on any atom is -0.480 e. The molecule has 18 heavy (non-hydrogen) atoms. The van der Waals surface area contributed by atoms with Crippen LogP contribution >= 0.6 is 31.9 Å². The van der Waals surface area contributed by atoms with Gasteiger partial charge in [-0.3, -0.25) is 4.79 Å². The molecule has 0 saturated heterocycles. The molecule has 0 aromatic heterocycles. The topological polar surface area (TPSA) is 57.6 Å². The molecule has 1 aromatic carbocycles. The number of amides is 1. The lowest BCUT2D eigenvalue weighted by Gasteiger charge is -2.24. The van der Waals surface area contributed by atoms with Crippen LogP contribution in [0.3, 0.4) is 0 Å². The summed E-state index contributed by atoms with van der Waals surface area (Å²) in [6.45, 7) is 1.73. The van der Waals surface area contributed by atoms with Gasteiger partial charge < -0.3 is 10.0 Å². The highest BCUT2D eigenvalue weighted by Crippen LogP contribution is 2.23. The number of likely N-dealkylation sites (N-methyl/N-ethyl adjacent to an activating group) is 1. The molecule has 0 aliphatic heterocycles. The van der Waals surface area contributed by atoms with Crippen molar-refractivity contribution in [1.82, 2.24) is 4.90 Å². The maximum absolute atomic E-state index is 12.2. The molecule has 6 heteroatoms. The van der Waals surface area contributed by atoms with Gasteiger partial charge in [0.1, 0.15) is 6.04 Å². The molecular weight excluding hydrogens is 366 g/mol. The lowest BCUT2D eigenvalue weighted by Crippen LogP contribution is -2.42. The Hall–Kier alpha value is -0.880. The van der Waals surface area contributed by atoms with Crippen LogP contribution in [0.1, 0.15) is 23.7 Å². The van der Waals surface area contributed by atoms with Crippen molar-refractivity contribution in [2.24, 2.45) is 0 Å². The fourth-order valence-electron chi connectivity index (χ4n) is 1.61. The summed E-state index contributed by atoms with van der Waals surface area (Å²) in [4.78, 5) is 24.5. The summed E-state index contributed by atoms with van der Waals surface area (Å²) in [7, 11) is 1.50. The number of carboxylic acid groups (broad SMARTS) is 1. The molecule has 1 amide bonds. The molecule has 98 valence electrons. The first-order valence-electron chi connectivity index (χ1n) is 5.33. The van der Waals surface area contributed by atoms with Gasteiger partial charge in [-0.05, 0) is 40.5 Å². The number of carboxylic acids is 1. The Morgan fingerprint density at radius 3 is 2.50 bits per heavy atom. The molecule has 1 aromatic rings. The molecule has 0 fully saturated rings. The Labute approximate surface area is 122 Å². The predicted molar refractivity (Wildman–Crippen MR) is 75.7 cm³/mol. The van der Waals surface area contributed by atoms with Crippen LogP contribution in [0.5, 0.6) is 0 Å². The van der Waals surface area contributed by atoms with E-state index in [0.717, 1.165) is 4.47 Å². The van der Waals surface area contributed by atoms with Gasteiger partial charge in [0.15, 0.2) is 0 Å². The average molecular weight is 379 g/mol. The van der Waals surface area contributed by atoms with Crippen molar-refractivity contribution < 1.29 is 14.7 Å². The number of carbonyl (C=O) groups excluding carboxylic acids is 1. The number of halogens is 2. The van der Waals surface area contributed by atoms with Crippen molar-refractivity contribution in [3.05, 3.63) is 32.7 Å². The van der Waals surface area contributed by atoms with Gasteiger partial charge in [-0.1, -0.05) is 22.9 Å². The van der Waals surface area contributed by atoms with Gasteiger partial charge in [-0.15, -0.1) is 0 Å². The van der Waals surface area contributed by atoms with E-state index in [1.54, 1.807) is 25.1 Å². The SMILES string of the molecule is CCC(C(=O)O)N(C)C(=O)c1cc(Br)ccc1Br. The van der Waals surface area contributed by atoms with Crippen LogP contribution in [0.4, 0.5) is 0 Å². The van der Waals surface area contributed by atoms with E-state index in [2.05, 4.69) is 31.9 Å². The molecule has 0 aliphatic rings.